The number of carbonyl (C=O) groups is 1. The Bertz CT molecular complexity index is 857. The molecule has 0 saturated heterocycles. The molecule has 1 unspecified atom stereocenters. The van der Waals surface area contributed by atoms with Crippen LogP contribution in [0.1, 0.15) is 80.4 Å². The number of carbonyl (C=O) groups excluding carboxylic acids is 1. The van der Waals surface area contributed by atoms with E-state index in [2.05, 4.69) is 37.3 Å². The first-order valence-corrected chi connectivity index (χ1v) is 12.2. The van der Waals surface area contributed by atoms with Gasteiger partial charge in [-0.3, -0.25) is 4.79 Å². The minimum absolute atomic E-state index is 0.113. The van der Waals surface area contributed by atoms with E-state index in [0.717, 1.165) is 78.9 Å². The summed E-state index contributed by atoms with van der Waals surface area (Å²) in [5.74, 6) is 1.77. The van der Waals surface area contributed by atoms with Gasteiger partial charge in [0.05, 0.1) is 18.7 Å². The molecule has 1 N–H and O–H groups in total. The first-order chi connectivity index (χ1) is 15.1. The normalized spacial score (nSPS) is 13.9. The Kier molecular flexibility index (Phi) is 9.25. The van der Waals surface area contributed by atoms with Crippen molar-refractivity contribution in [2.45, 2.75) is 77.6 Å². The standard InChI is InChI=1S/C24H33BrN4O2/c1-3-31-23(30)14-18(20-15-27-17(2)28-16-20)9-6-4-5-7-11-22-21(25)13-19-10-8-12-26-24(19)29-22/h13,15-16,18H,3-12,14H2,1-2H3,(H,26,29). The summed E-state index contributed by atoms with van der Waals surface area (Å²) in [6.45, 7) is 5.14. The molecule has 168 valence electrons. The average molecular weight is 489 g/mol. The predicted molar refractivity (Wildman–Crippen MR) is 126 cm³/mol. The minimum atomic E-state index is -0.148. The molecular formula is C24H33BrN4O2. The number of halogens is 1. The number of aromatic nitrogens is 3. The zero-order valence-corrected chi connectivity index (χ0v) is 20.2. The maximum absolute atomic E-state index is 12.0. The number of rotatable bonds is 11. The fraction of sp³-hybridized carbons (Fsp3) is 0.583. The molecular weight excluding hydrogens is 456 g/mol. The van der Waals surface area contributed by atoms with E-state index in [9.17, 15) is 4.79 Å². The molecule has 2 aromatic rings. The second-order valence-electron chi connectivity index (χ2n) is 8.18. The van der Waals surface area contributed by atoms with Gasteiger partial charge in [-0.1, -0.05) is 19.3 Å². The van der Waals surface area contributed by atoms with Crippen molar-refractivity contribution in [3.05, 3.63) is 45.6 Å². The lowest BCUT2D eigenvalue weighted by molar-refractivity contribution is -0.143. The summed E-state index contributed by atoms with van der Waals surface area (Å²) in [7, 11) is 0. The highest BCUT2D eigenvalue weighted by Crippen LogP contribution is 2.28. The first-order valence-electron chi connectivity index (χ1n) is 11.4. The minimum Gasteiger partial charge on any atom is -0.466 e. The molecule has 31 heavy (non-hydrogen) atoms. The van der Waals surface area contributed by atoms with Gasteiger partial charge in [-0.05, 0) is 85.0 Å². The summed E-state index contributed by atoms with van der Waals surface area (Å²) in [6, 6.07) is 2.23. The molecule has 0 aliphatic carbocycles. The van der Waals surface area contributed by atoms with Crippen molar-refractivity contribution in [1.82, 2.24) is 15.0 Å². The third-order valence-electron chi connectivity index (χ3n) is 5.75. The van der Waals surface area contributed by atoms with Crippen LogP contribution in [-0.2, 0) is 22.4 Å². The number of fused-ring (bicyclic) bond motifs is 1. The van der Waals surface area contributed by atoms with Gasteiger partial charge in [-0.15, -0.1) is 0 Å². The number of hydrogen-bond donors (Lipinski definition) is 1. The summed E-state index contributed by atoms with van der Waals surface area (Å²) in [4.78, 5) is 25.5. The second kappa shape index (κ2) is 12.1. The summed E-state index contributed by atoms with van der Waals surface area (Å²) < 4.78 is 6.29. The van der Waals surface area contributed by atoms with Gasteiger partial charge in [0.15, 0.2) is 0 Å². The molecule has 6 nitrogen and oxygen atoms in total. The van der Waals surface area contributed by atoms with E-state index < -0.39 is 0 Å². The van der Waals surface area contributed by atoms with Gasteiger partial charge in [0.1, 0.15) is 11.6 Å². The lowest BCUT2D eigenvalue weighted by Crippen LogP contribution is -2.14. The molecule has 0 radical (unpaired) electrons. The Morgan fingerprint density at radius 1 is 1.23 bits per heavy atom. The Hall–Kier alpha value is -2.02. The number of nitrogens with one attached hydrogen (secondary N) is 1. The van der Waals surface area contributed by atoms with Crippen molar-refractivity contribution >= 4 is 27.7 Å². The number of aryl methyl sites for hydroxylation is 3. The van der Waals surface area contributed by atoms with E-state index in [0.29, 0.717) is 13.0 Å². The van der Waals surface area contributed by atoms with Crippen LogP contribution in [0.4, 0.5) is 5.82 Å². The van der Waals surface area contributed by atoms with Gasteiger partial charge in [-0.2, -0.15) is 0 Å². The molecule has 1 aliphatic heterocycles. The van der Waals surface area contributed by atoms with Crippen molar-refractivity contribution < 1.29 is 9.53 Å². The molecule has 1 atom stereocenters. The van der Waals surface area contributed by atoms with Gasteiger partial charge in [0.2, 0.25) is 0 Å². The lowest BCUT2D eigenvalue weighted by Gasteiger charge is -2.18. The Balaban J connectivity index is 1.45. The Labute approximate surface area is 193 Å². The van der Waals surface area contributed by atoms with Crippen LogP contribution in [0, 0.1) is 6.92 Å². The predicted octanol–water partition coefficient (Wildman–Crippen LogP) is 5.53. The SMILES string of the molecule is CCOC(=O)CC(CCCCCCc1nc2c(cc1Br)CCCN2)c1cnc(C)nc1. The Morgan fingerprint density at radius 2 is 2.00 bits per heavy atom. The molecule has 1 aliphatic rings. The third kappa shape index (κ3) is 7.27. The number of hydrogen-bond acceptors (Lipinski definition) is 6. The number of nitrogens with zero attached hydrogens (tertiary/aromatic N) is 3. The van der Waals surface area contributed by atoms with E-state index in [1.807, 2.05) is 26.2 Å². The summed E-state index contributed by atoms with van der Waals surface area (Å²) >= 11 is 3.70. The highest BCUT2D eigenvalue weighted by Gasteiger charge is 2.18. The first kappa shape index (κ1) is 23.6. The second-order valence-corrected chi connectivity index (χ2v) is 9.03. The number of esters is 1. The van der Waals surface area contributed by atoms with Crippen LogP contribution in [0.3, 0.4) is 0 Å². The van der Waals surface area contributed by atoms with Gasteiger partial charge < -0.3 is 10.1 Å². The van der Waals surface area contributed by atoms with Gasteiger partial charge in [0, 0.05) is 23.4 Å². The quantitative estimate of drug-likeness (QED) is 0.330. The fourth-order valence-electron chi connectivity index (χ4n) is 4.03. The topological polar surface area (TPSA) is 77.0 Å². The highest BCUT2D eigenvalue weighted by atomic mass is 79.9. The summed E-state index contributed by atoms with van der Waals surface area (Å²) in [5, 5.41) is 3.42. The van der Waals surface area contributed by atoms with E-state index in [1.54, 1.807) is 0 Å². The van der Waals surface area contributed by atoms with Crippen LogP contribution in [0.25, 0.3) is 0 Å². The largest absolute Gasteiger partial charge is 0.466 e. The number of ether oxygens (including phenoxy) is 1. The fourth-order valence-corrected chi connectivity index (χ4v) is 4.59. The van der Waals surface area contributed by atoms with Crippen LogP contribution >= 0.6 is 15.9 Å². The molecule has 3 heterocycles. The van der Waals surface area contributed by atoms with Crippen LogP contribution in [0.5, 0.6) is 0 Å². The van der Waals surface area contributed by atoms with E-state index >= 15 is 0 Å². The molecule has 7 heteroatoms. The highest BCUT2D eigenvalue weighted by molar-refractivity contribution is 9.10. The third-order valence-corrected chi connectivity index (χ3v) is 6.44. The zero-order valence-electron chi connectivity index (χ0n) is 18.6. The van der Waals surface area contributed by atoms with Crippen molar-refractivity contribution in [3.63, 3.8) is 0 Å². The molecule has 2 aromatic heterocycles. The van der Waals surface area contributed by atoms with Crippen molar-refractivity contribution in [3.8, 4) is 0 Å². The van der Waals surface area contributed by atoms with Crippen molar-refractivity contribution in [1.29, 1.82) is 0 Å². The van der Waals surface area contributed by atoms with Gasteiger partial charge >= 0.3 is 5.97 Å². The number of anilines is 1. The molecule has 0 amide bonds. The Morgan fingerprint density at radius 3 is 2.77 bits per heavy atom. The lowest BCUT2D eigenvalue weighted by atomic mass is 9.92. The van der Waals surface area contributed by atoms with Crippen LogP contribution in [-0.4, -0.2) is 34.1 Å². The smallest absolute Gasteiger partial charge is 0.306 e. The monoisotopic (exact) mass is 488 g/mol. The zero-order chi connectivity index (χ0) is 22.1. The van der Waals surface area contributed by atoms with Crippen LogP contribution < -0.4 is 5.32 Å². The molecule has 0 aromatic carbocycles. The average Bonchev–Trinajstić information content (AvgIpc) is 2.76. The van der Waals surface area contributed by atoms with E-state index in [-0.39, 0.29) is 11.9 Å². The maximum Gasteiger partial charge on any atom is 0.306 e. The van der Waals surface area contributed by atoms with E-state index in [4.69, 9.17) is 9.72 Å². The molecule has 0 spiro atoms. The molecule has 0 saturated carbocycles. The maximum atomic E-state index is 12.0. The number of pyridine rings is 1. The molecule has 0 bridgehead atoms. The molecule has 0 fully saturated rings. The van der Waals surface area contributed by atoms with Crippen molar-refractivity contribution in [2.24, 2.45) is 0 Å². The van der Waals surface area contributed by atoms with E-state index in [1.165, 1.54) is 12.0 Å². The summed E-state index contributed by atoms with van der Waals surface area (Å²) in [6.07, 6.45) is 12.7. The summed E-state index contributed by atoms with van der Waals surface area (Å²) in [5.41, 5.74) is 3.48. The van der Waals surface area contributed by atoms with Crippen LogP contribution in [0.15, 0.2) is 22.9 Å². The van der Waals surface area contributed by atoms with Gasteiger partial charge in [0.25, 0.3) is 0 Å². The van der Waals surface area contributed by atoms with Gasteiger partial charge in [-0.25, -0.2) is 15.0 Å². The van der Waals surface area contributed by atoms with Crippen molar-refractivity contribution in [2.75, 3.05) is 18.5 Å². The van der Waals surface area contributed by atoms with Crippen LogP contribution in [0.2, 0.25) is 0 Å². The molecule has 3 rings (SSSR count). The number of unbranched alkanes of at least 4 members (excludes halogenated alkanes) is 3.